The quantitative estimate of drug-likeness (QED) is 0.810. The van der Waals surface area contributed by atoms with Gasteiger partial charge in [-0.3, -0.25) is 10.00 Å². The number of aromatic nitrogens is 2. The van der Waals surface area contributed by atoms with Gasteiger partial charge < -0.3 is 5.32 Å². The lowest BCUT2D eigenvalue weighted by Crippen LogP contribution is -2.49. The Hall–Kier alpha value is -0.670. The molecule has 9 heteroatoms. The van der Waals surface area contributed by atoms with E-state index in [2.05, 4.69) is 20.4 Å². The van der Waals surface area contributed by atoms with Crippen LogP contribution in [-0.2, 0) is 10.0 Å². The molecule has 1 unspecified atom stereocenters. The zero-order valence-electron chi connectivity index (χ0n) is 13.0. The Morgan fingerprint density at radius 1 is 1.18 bits per heavy atom. The zero-order valence-corrected chi connectivity index (χ0v) is 14.6. The first-order valence-electron chi connectivity index (χ1n) is 7.46. The number of rotatable bonds is 3. The highest BCUT2D eigenvalue weighted by atomic mass is 35.5. The van der Waals surface area contributed by atoms with Gasteiger partial charge in [0, 0.05) is 45.3 Å². The van der Waals surface area contributed by atoms with Crippen molar-refractivity contribution in [3.63, 3.8) is 0 Å². The van der Waals surface area contributed by atoms with Gasteiger partial charge in [0.05, 0.1) is 11.4 Å². The standard InChI is InChI=1S/C13H23N5O2S.ClH/c1-10-13(11(2)16-15-10)21(19,20)18-6-3-12(9-18)17-7-4-14-5-8-17;/h12,14H,3-9H2,1-2H3,(H,15,16);1H. The summed E-state index contributed by atoms with van der Waals surface area (Å²) in [6, 6.07) is 0.342. The van der Waals surface area contributed by atoms with Gasteiger partial charge in [-0.05, 0) is 20.3 Å². The molecule has 0 aromatic carbocycles. The lowest BCUT2D eigenvalue weighted by Gasteiger charge is -2.32. The summed E-state index contributed by atoms with van der Waals surface area (Å²) in [4.78, 5) is 2.75. The SMILES string of the molecule is Cc1n[nH]c(C)c1S(=O)(=O)N1CCC(N2CCNCC2)C1.Cl. The summed E-state index contributed by atoms with van der Waals surface area (Å²) < 4.78 is 27.2. The Morgan fingerprint density at radius 3 is 2.45 bits per heavy atom. The van der Waals surface area contributed by atoms with Gasteiger partial charge in [0.1, 0.15) is 4.90 Å². The van der Waals surface area contributed by atoms with E-state index >= 15 is 0 Å². The molecule has 1 atom stereocenters. The van der Waals surface area contributed by atoms with Crippen molar-refractivity contribution < 1.29 is 8.42 Å². The van der Waals surface area contributed by atoms with Crippen molar-refractivity contribution in [2.45, 2.75) is 31.2 Å². The largest absolute Gasteiger partial charge is 0.314 e. The predicted octanol–water partition coefficient (Wildman–Crippen LogP) is 0.117. The van der Waals surface area contributed by atoms with Crippen LogP contribution in [0, 0.1) is 13.8 Å². The summed E-state index contributed by atoms with van der Waals surface area (Å²) in [5.41, 5.74) is 1.18. The van der Waals surface area contributed by atoms with Gasteiger partial charge in [-0.2, -0.15) is 9.40 Å². The molecule has 2 fully saturated rings. The Labute approximate surface area is 137 Å². The summed E-state index contributed by atoms with van der Waals surface area (Å²) in [6.45, 7) is 8.67. The number of nitrogens with zero attached hydrogens (tertiary/aromatic N) is 3. The van der Waals surface area contributed by atoms with Crippen molar-refractivity contribution in [3.8, 4) is 0 Å². The first kappa shape index (κ1) is 17.7. The van der Waals surface area contributed by atoms with E-state index in [1.165, 1.54) is 0 Å². The van der Waals surface area contributed by atoms with Gasteiger partial charge in [0.15, 0.2) is 0 Å². The lowest BCUT2D eigenvalue weighted by molar-refractivity contribution is 0.179. The first-order chi connectivity index (χ1) is 10.00. The molecular formula is C13H24ClN5O2S. The second kappa shape index (κ2) is 6.84. The number of hydrogen-bond donors (Lipinski definition) is 2. The molecule has 0 aliphatic carbocycles. The molecule has 2 saturated heterocycles. The van der Waals surface area contributed by atoms with E-state index in [0.29, 0.717) is 35.4 Å². The van der Waals surface area contributed by atoms with Gasteiger partial charge in [0.25, 0.3) is 0 Å². The molecule has 0 amide bonds. The molecule has 2 N–H and O–H groups in total. The fraction of sp³-hybridized carbons (Fsp3) is 0.769. The molecule has 0 spiro atoms. The minimum atomic E-state index is -3.43. The highest BCUT2D eigenvalue weighted by molar-refractivity contribution is 7.89. The third-order valence-electron chi connectivity index (χ3n) is 4.45. The lowest BCUT2D eigenvalue weighted by atomic mass is 10.2. The van der Waals surface area contributed by atoms with Crippen LogP contribution >= 0.6 is 12.4 Å². The number of sulfonamides is 1. The monoisotopic (exact) mass is 349 g/mol. The smallest absolute Gasteiger partial charge is 0.246 e. The molecule has 2 aliphatic rings. The predicted molar refractivity (Wildman–Crippen MR) is 86.9 cm³/mol. The van der Waals surface area contributed by atoms with Gasteiger partial charge in [0.2, 0.25) is 10.0 Å². The van der Waals surface area contributed by atoms with Crippen molar-refractivity contribution in [2.75, 3.05) is 39.3 Å². The average molecular weight is 350 g/mol. The summed E-state index contributed by atoms with van der Waals surface area (Å²) in [5.74, 6) is 0. The minimum absolute atomic E-state index is 0. The fourth-order valence-corrected chi connectivity index (χ4v) is 5.15. The molecule has 126 valence electrons. The molecule has 1 aromatic heterocycles. The molecule has 7 nitrogen and oxygen atoms in total. The van der Waals surface area contributed by atoms with E-state index < -0.39 is 10.0 Å². The maximum atomic E-state index is 12.8. The van der Waals surface area contributed by atoms with Crippen LogP contribution < -0.4 is 5.32 Å². The van der Waals surface area contributed by atoms with E-state index in [-0.39, 0.29) is 12.4 Å². The molecule has 3 rings (SSSR count). The topological polar surface area (TPSA) is 81.3 Å². The normalized spacial score (nSPS) is 24.4. The Bertz CT molecular complexity index is 592. The number of hydrogen-bond acceptors (Lipinski definition) is 5. The van der Waals surface area contributed by atoms with Crippen molar-refractivity contribution >= 4 is 22.4 Å². The van der Waals surface area contributed by atoms with Crippen molar-refractivity contribution in [1.82, 2.24) is 24.7 Å². The van der Waals surface area contributed by atoms with Crippen molar-refractivity contribution in [1.29, 1.82) is 0 Å². The molecule has 0 radical (unpaired) electrons. The van der Waals surface area contributed by atoms with Crippen LogP contribution in [0.1, 0.15) is 17.8 Å². The molecule has 3 heterocycles. The number of halogens is 1. The zero-order chi connectivity index (χ0) is 15.0. The maximum Gasteiger partial charge on any atom is 0.246 e. The second-order valence-electron chi connectivity index (χ2n) is 5.85. The molecule has 1 aromatic rings. The van der Waals surface area contributed by atoms with Gasteiger partial charge >= 0.3 is 0 Å². The van der Waals surface area contributed by atoms with Gasteiger partial charge in [-0.15, -0.1) is 12.4 Å². The number of H-pyrrole nitrogens is 1. The third-order valence-corrected chi connectivity index (χ3v) is 6.58. The Morgan fingerprint density at radius 2 is 1.86 bits per heavy atom. The average Bonchev–Trinajstić information content (AvgIpc) is 3.08. The van der Waals surface area contributed by atoms with E-state index in [1.54, 1.807) is 18.2 Å². The number of aromatic amines is 1. The number of piperazine rings is 1. The van der Waals surface area contributed by atoms with Gasteiger partial charge in [-0.25, -0.2) is 8.42 Å². The fourth-order valence-electron chi connectivity index (χ4n) is 3.32. The Kier molecular flexibility index (Phi) is 5.50. The van der Waals surface area contributed by atoms with E-state index in [0.717, 1.165) is 32.6 Å². The van der Waals surface area contributed by atoms with Crippen LogP contribution in [0.2, 0.25) is 0 Å². The highest BCUT2D eigenvalue weighted by Gasteiger charge is 2.37. The van der Waals surface area contributed by atoms with E-state index in [1.807, 2.05) is 0 Å². The summed E-state index contributed by atoms with van der Waals surface area (Å²) >= 11 is 0. The molecule has 0 saturated carbocycles. The second-order valence-corrected chi connectivity index (χ2v) is 7.73. The van der Waals surface area contributed by atoms with Crippen LogP contribution in [0.5, 0.6) is 0 Å². The minimum Gasteiger partial charge on any atom is -0.314 e. The summed E-state index contributed by atoms with van der Waals surface area (Å²) in [5, 5.41) is 10.1. The molecule has 0 bridgehead atoms. The summed E-state index contributed by atoms with van der Waals surface area (Å²) in [7, 11) is -3.43. The van der Waals surface area contributed by atoms with E-state index in [4.69, 9.17) is 0 Å². The maximum absolute atomic E-state index is 12.8. The summed E-state index contributed by atoms with van der Waals surface area (Å²) in [6.07, 6.45) is 0.912. The van der Waals surface area contributed by atoms with Crippen molar-refractivity contribution in [3.05, 3.63) is 11.4 Å². The molecule has 2 aliphatic heterocycles. The Balaban J connectivity index is 0.00000176. The van der Waals surface area contributed by atoms with Crippen LogP contribution in [0.25, 0.3) is 0 Å². The van der Waals surface area contributed by atoms with Crippen LogP contribution in [0.4, 0.5) is 0 Å². The molecule has 22 heavy (non-hydrogen) atoms. The number of nitrogens with one attached hydrogen (secondary N) is 2. The highest BCUT2D eigenvalue weighted by Crippen LogP contribution is 2.26. The van der Waals surface area contributed by atoms with E-state index in [9.17, 15) is 8.42 Å². The van der Waals surface area contributed by atoms with Crippen LogP contribution in [0.15, 0.2) is 4.90 Å². The molecular weight excluding hydrogens is 326 g/mol. The van der Waals surface area contributed by atoms with Crippen LogP contribution in [-0.4, -0.2) is 73.1 Å². The third kappa shape index (κ3) is 3.16. The van der Waals surface area contributed by atoms with Crippen LogP contribution in [0.3, 0.4) is 0 Å². The number of aryl methyl sites for hydroxylation is 2. The first-order valence-corrected chi connectivity index (χ1v) is 8.90. The van der Waals surface area contributed by atoms with Gasteiger partial charge in [-0.1, -0.05) is 0 Å². The van der Waals surface area contributed by atoms with Crippen molar-refractivity contribution in [2.24, 2.45) is 0 Å².